The Bertz CT molecular complexity index is 731. The van der Waals surface area contributed by atoms with Crippen LogP contribution in [-0.4, -0.2) is 83.6 Å². The molecule has 0 spiro atoms. The molecule has 0 unspecified atom stereocenters. The van der Waals surface area contributed by atoms with Crippen molar-refractivity contribution in [3.05, 3.63) is 29.8 Å². The molecule has 0 radical (unpaired) electrons. The molecule has 1 saturated heterocycles. The quantitative estimate of drug-likeness (QED) is 0.726. The maximum absolute atomic E-state index is 13.7. The molecule has 3 rings (SSSR count). The minimum Gasteiger partial charge on any atom is -0.497 e. The number of halogens is 3. The largest absolute Gasteiger partial charge is 0.497 e. The fourth-order valence-electron chi connectivity index (χ4n) is 3.12. The van der Waals surface area contributed by atoms with E-state index in [-0.39, 0.29) is 6.61 Å². The normalized spacial score (nSPS) is 30.5. The smallest absolute Gasteiger partial charge is 0.417 e. The monoisotopic (exact) mass is 436 g/mol. The minimum absolute atomic E-state index is 0.350. The second kappa shape index (κ2) is 8.68. The van der Waals surface area contributed by atoms with Crippen molar-refractivity contribution in [2.75, 3.05) is 21.2 Å². The van der Waals surface area contributed by atoms with E-state index in [4.69, 9.17) is 14.2 Å². The van der Waals surface area contributed by atoms with Crippen LogP contribution in [-0.2, 0) is 16.1 Å². The number of rotatable bonds is 5. The molecule has 2 N–H and O–H groups in total. The van der Waals surface area contributed by atoms with Crippen LogP contribution < -0.4 is 4.74 Å². The first kappa shape index (κ1) is 22.2. The van der Waals surface area contributed by atoms with Gasteiger partial charge in [-0.25, -0.2) is 0 Å². The maximum Gasteiger partial charge on any atom is 0.417 e. The van der Waals surface area contributed by atoms with E-state index in [2.05, 4.69) is 4.99 Å². The Morgan fingerprint density at radius 2 is 1.86 bits per heavy atom. The number of alkyl halides is 3. The third kappa shape index (κ3) is 4.80. The highest BCUT2D eigenvalue weighted by atomic mass is 32.2. The van der Waals surface area contributed by atoms with Gasteiger partial charge in [0.1, 0.15) is 35.5 Å². The molecule has 0 aliphatic carbocycles. The average Bonchev–Trinajstić information content (AvgIpc) is 3.10. The lowest BCUT2D eigenvalue weighted by atomic mass is 9.94. The van der Waals surface area contributed by atoms with Gasteiger partial charge in [-0.2, -0.15) is 13.2 Å². The zero-order valence-corrected chi connectivity index (χ0v) is 16.9. The number of methoxy groups -OCH3 is 1. The van der Waals surface area contributed by atoms with Crippen LogP contribution in [0.4, 0.5) is 13.2 Å². The van der Waals surface area contributed by atoms with Crippen molar-refractivity contribution < 1.29 is 37.6 Å². The van der Waals surface area contributed by atoms with Crippen molar-refractivity contribution in [3.63, 3.8) is 0 Å². The van der Waals surface area contributed by atoms with E-state index < -0.39 is 42.1 Å². The van der Waals surface area contributed by atoms with Crippen LogP contribution in [0.2, 0.25) is 0 Å². The molecule has 2 aliphatic rings. The van der Waals surface area contributed by atoms with Crippen molar-refractivity contribution in [2.24, 2.45) is 4.99 Å². The van der Waals surface area contributed by atoms with Crippen LogP contribution in [0.5, 0.6) is 5.75 Å². The summed E-state index contributed by atoms with van der Waals surface area (Å²) >= 11 is 1.10. The molecule has 1 fully saturated rings. The molecule has 11 heteroatoms. The van der Waals surface area contributed by atoms with E-state index in [0.717, 1.165) is 11.8 Å². The Hall–Kier alpha value is -1.53. The molecule has 0 amide bonds. The van der Waals surface area contributed by atoms with Gasteiger partial charge in [0, 0.05) is 14.1 Å². The van der Waals surface area contributed by atoms with Crippen LogP contribution in [0.3, 0.4) is 0 Å². The highest BCUT2D eigenvalue weighted by molar-refractivity contribution is 8.14. The van der Waals surface area contributed by atoms with Gasteiger partial charge in [0.15, 0.2) is 11.3 Å². The summed E-state index contributed by atoms with van der Waals surface area (Å²) in [5.74, 6) is 0.566. The molecule has 2 aliphatic heterocycles. The predicted molar refractivity (Wildman–Crippen MR) is 101 cm³/mol. The van der Waals surface area contributed by atoms with Crippen molar-refractivity contribution in [2.45, 2.75) is 48.7 Å². The van der Waals surface area contributed by atoms with Gasteiger partial charge in [-0.05, 0) is 17.7 Å². The number of thioether (sulfide) groups is 1. The van der Waals surface area contributed by atoms with Crippen LogP contribution in [0.25, 0.3) is 0 Å². The van der Waals surface area contributed by atoms with Gasteiger partial charge >= 0.3 is 6.18 Å². The first-order valence-electron chi connectivity index (χ1n) is 8.86. The zero-order chi connectivity index (χ0) is 21.3. The number of aliphatic imine (C=N–C) groups is 1. The van der Waals surface area contributed by atoms with Crippen LogP contribution in [0, 0.1) is 0 Å². The molecule has 0 aromatic heterocycles. The molecule has 0 bridgehead atoms. The predicted octanol–water partition coefficient (Wildman–Crippen LogP) is 1.62. The van der Waals surface area contributed by atoms with E-state index in [0.29, 0.717) is 16.5 Å². The topological polar surface area (TPSA) is 83.8 Å². The van der Waals surface area contributed by atoms with Gasteiger partial charge in [-0.15, -0.1) is 0 Å². The highest BCUT2D eigenvalue weighted by Crippen LogP contribution is 2.41. The Labute approximate surface area is 170 Å². The molecule has 7 nitrogen and oxygen atoms in total. The fourth-order valence-corrected chi connectivity index (χ4v) is 4.27. The fraction of sp³-hybridized carbons (Fsp3) is 0.611. The standard InChI is InChI=1S/C18H23F3N2O5S/c1-23(2)17-22-11-12(24)13(25)14(28-16(11)29-17)15(18(19,20)21)27-8-9-4-6-10(26-3)7-5-9/h4-7,11-16,24-25H,8H2,1-3H3/t11-,12-,13+,14+,15+,16-/m1/s1. The summed E-state index contributed by atoms with van der Waals surface area (Å²) in [7, 11) is 4.93. The maximum atomic E-state index is 13.7. The number of fused-ring (bicyclic) bond motifs is 1. The number of nitrogens with zero attached hydrogens (tertiary/aromatic N) is 2. The molecule has 2 heterocycles. The number of aliphatic hydroxyl groups is 2. The number of benzene rings is 1. The van der Waals surface area contributed by atoms with E-state index in [1.54, 1.807) is 43.3 Å². The van der Waals surface area contributed by atoms with Crippen LogP contribution >= 0.6 is 11.8 Å². The number of amidine groups is 1. The number of aliphatic hydroxyl groups excluding tert-OH is 2. The summed E-state index contributed by atoms with van der Waals surface area (Å²) in [6, 6.07) is 5.53. The lowest BCUT2D eigenvalue weighted by Crippen LogP contribution is -2.61. The van der Waals surface area contributed by atoms with Crippen LogP contribution in [0.15, 0.2) is 29.3 Å². The number of hydrogen-bond donors (Lipinski definition) is 2. The summed E-state index contributed by atoms with van der Waals surface area (Å²) in [6.45, 7) is -0.350. The third-order valence-corrected chi connectivity index (χ3v) is 5.98. The second-order valence-corrected chi connectivity index (χ2v) is 8.05. The van der Waals surface area contributed by atoms with Crippen molar-refractivity contribution in [1.29, 1.82) is 0 Å². The zero-order valence-electron chi connectivity index (χ0n) is 16.0. The SMILES string of the molecule is COc1ccc(CO[C@@H]([C@H]2O[C@@H]3SC(N(C)C)=N[C@@H]3[C@@H](O)[C@@H]2O)C(F)(F)F)cc1. The molecule has 29 heavy (non-hydrogen) atoms. The minimum atomic E-state index is -4.81. The Kier molecular flexibility index (Phi) is 6.64. The lowest BCUT2D eigenvalue weighted by molar-refractivity contribution is -0.286. The first-order chi connectivity index (χ1) is 13.6. The number of ether oxygens (including phenoxy) is 3. The summed E-state index contributed by atoms with van der Waals surface area (Å²) in [5, 5.41) is 21.2. The van der Waals surface area contributed by atoms with Crippen LogP contribution in [0.1, 0.15) is 5.56 Å². The molecule has 0 saturated carbocycles. The second-order valence-electron chi connectivity index (χ2n) is 6.99. The van der Waals surface area contributed by atoms with E-state index >= 15 is 0 Å². The van der Waals surface area contributed by atoms with Gasteiger partial charge in [0.25, 0.3) is 0 Å². The van der Waals surface area contributed by atoms with Crippen molar-refractivity contribution in [3.8, 4) is 5.75 Å². The summed E-state index contributed by atoms with van der Waals surface area (Å²) in [5.41, 5.74) is -0.345. The molecular weight excluding hydrogens is 413 g/mol. The third-order valence-electron chi connectivity index (χ3n) is 4.68. The van der Waals surface area contributed by atoms with E-state index in [1.807, 2.05) is 0 Å². The highest BCUT2D eigenvalue weighted by Gasteiger charge is 2.57. The van der Waals surface area contributed by atoms with Gasteiger partial charge in [0.2, 0.25) is 0 Å². The Balaban J connectivity index is 1.75. The molecule has 6 atom stereocenters. The van der Waals surface area contributed by atoms with Gasteiger partial charge in [-0.3, -0.25) is 4.99 Å². The summed E-state index contributed by atoms with van der Waals surface area (Å²) in [6.07, 6.45) is -12.3. The molecular formula is C18H23F3N2O5S. The van der Waals surface area contributed by atoms with Crippen molar-refractivity contribution in [1.82, 2.24) is 4.90 Å². The van der Waals surface area contributed by atoms with Gasteiger partial charge in [-0.1, -0.05) is 23.9 Å². The van der Waals surface area contributed by atoms with Gasteiger partial charge in [0.05, 0.1) is 13.7 Å². The van der Waals surface area contributed by atoms with Gasteiger partial charge < -0.3 is 29.3 Å². The summed E-state index contributed by atoms with van der Waals surface area (Å²) in [4.78, 5) is 5.91. The van der Waals surface area contributed by atoms with Crippen molar-refractivity contribution >= 4 is 16.9 Å². The number of hydrogen-bond acceptors (Lipinski definition) is 8. The lowest BCUT2D eigenvalue weighted by Gasteiger charge is -2.41. The first-order valence-corrected chi connectivity index (χ1v) is 9.74. The Morgan fingerprint density at radius 1 is 1.21 bits per heavy atom. The summed E-state index contributed by atoms with van der Waals surface area (Å²) < 4.78 is 56.8. The van der Waals surface area contributed by atoms with E-state index in [9.17, 15) is 23.4 Å². The molecule has 162 valence electrons. The molecule has 1 aromatic rings. The van der Waals surface area contributed by atoms with E-state index in [1.165, 1.54) is 7.11 Å². The molecule has 1 aromatic carbocycles. The average molecular weight is 436 g/mol. The Morgan fingerprint density at radius 3 is 2.41 bits per heavy atom.